The molecule has 1 saturated heterocycles. The highest BCUT2D eigenvalue weighted by atomic mass is 35.5. The van der Waals surface area contributed by atoms with Crippen LogP contribution in [0.3, 0.4) is 0 Å². The lowest BCUT2D eigenvalue weighted by molar-refractivity contribution is -0.124. The van der Waals surface area contributed by atoms with Gasteiger partial charge in [-0.15, -0.1) is 0 Å². The van der Waals surface area contributed by atoms with Crippen LogP contribution in [-0.2, 0) is 21.2 Å². The molecule has 8 heteroatoms. The van der Waals surface area contributed by atoms with Crippen molar-refractivity contribution in [2.24, 2.45) is 0 Å². The van der Waals surface area contributed by atoms with Crippen molar-refractivity contribution in [1.29, 1.82) is 0 Å². The molecule has 1 unspecified atom stereocenters. The Morgan fingerprint density at radius 3 is 2.63 bits per heavy atom. The molecule has 6 nitrogen and oxygen atoms in total. The lowest BCUT2D eigenvalue weighted by Gasteiger charge is -2.34. The topological polar surface area (TPSA) is 75.7 Å². The minimum absolute atomic E-state index is 0.122. The van der Waals surface area contributed by atoms with Gasteiger partial charge < -0.3 is 10.1 Å². The molecular weight excluding hydrogens is 424 g/mol. The molecule has 0 radical (unpaired) electrons. The van der Waals surface area contributed by atoms with E-state index < -0.39 is 16.1 Å². The molecular formula is C22H25ClN2O4S. The highest BCUT2D eigenvalue weighted by molar-refractivity contribution is 7.89. The molecule has 2 atom stereocenters. The first-order valence-electron chi connectivity index (χ1n) is 10.2. The predicted molar refractivity (Wildman–Crippen MR) is 115 cm³/mol. The minimum Gasteiger partial charge on any atom is -0.489 e. The Balaban J connectivity index is 1.65. The van der Waals surface area contributed by atoms with Gasteiger partial charge in [-0.1, -0.05) is 29.8 Å². The molecule has 30 heavy (non-hydrogen) atoms. The van der Waals surface area contributed by atoms with E-state index in [-0.39, 0.29) is 23.5 Å². The lowest BCUT2D eigenvalue weighted by Crippen LogP contribution is -2.52. The monoisotopic (exact) mass is 448 g/mol. The van der Waals surface area contributed by atoms with Crippen molar-refractivity contribution in [2.45, 2.75) is 49.1 Å². The number of nitrogens with zero attached hydrogens (tertiary/aromatic N) is 1. The number of ether oxygens (including phenoxy) is 1. The minimum atomic E-state index is -3.91. The zero-order valence-corrected chi connectivity index (χ0v) is 18.2. The molecule has 2 aliphatic rings. The molecule has 1 N–H and O–H groups in total. The molecule has 2 aromatic carbocycles. The van der Waals surface area contributed by atoms with Crippen molar-refractivity contribution in [3.8, 4) is 5.75 Å². The summed E-state index contributed by atoms with van der Waals surface area (Å²) in [6.45, 7) is 0.689. The van der Waals surface area contributed by atoms with Crippen LogP contribution in [0.15, 0.2) is 53.4 Å². The Labute approximate surface area is 182 Å². The van der Waals surface area contributed by atoms with Crippen LogP contribution in [0.1, 0.15) is 31.2 Å². The van der Waals surface area contributed by atoms with Crippen molar-refractivity contribution < 1.29 is 17.9 Å². The number of hydrogen-bond donors (Lipinski definition) is 1. The standard InChI is InChI=1S/C22H25ClN2O4S/c23-17-9-12-19(13-10-17)30(27,28)25(20-6-3-4-14-24-22(20)26)15-18-11-8-16-5-1-2-7-21(16)29-18/h1-2,5,7,9-10,12-13,18,20H,3-4,6,8,11,14-15H2,(H,24,26)/t18?,20-/m1/s1. The number of fused-ring (bicyclic) bond motifs is 1. The molecule has 0 aromatic heterocycles. The van der Waals surface area contributed by atoms with Gasteiger partial charge in [0.1, 0.15) is 17.9 Å². The van der Waals surface area contributed by atoms with Gasteiger partial charge in [0.15, 0.2) is 0 Å². The van der Waals surface area contributed by atoms with Gasteiger partial charge in [-0.05, 0) is 68.0 Å². The maximum Gasteiger partial charge on any atom is 0.243 e. The summed E-state index contributed by atoms with van der Waals surface area (Å²) >= 11 is 5.95. The van der Waals surface area contributed by atoms with Crippen LogP contribution >= 0.6 is 11.6 Å². The van der Waals surface area contributed by atoms with Gasteiger partial charge in [-0.25, -0.2) is 8.42 Å². The molecule has 2 aliphatic heterocycles. The van der Waals surface area contributed by atoms with Gasteiger partial charge in [0.05, 0.1) is 11.4 Å². The molecule has 0 spiro atoms. The molecule has 0 aliphatic carbocycles. The quantitative estimate of drug-likeness (QED) is 0.760. The van der Waals surface area contributed by atoms with Gasteiger partial charge in [-0.3, -0.25) is 4.79 Å². The fourth-order valence-electron chi connectivity index (χ4n) is 4.04. The fraction of sp³-hybridized carbons (Fsp3) is 0.409. The average Bonchev–Trinajstić information content (AvgIpc) is 2.96. The molecule has 4 rings (SSSR count). The molecule has 2 heterocycles. The number of benzene rings is 2. The van der Waals surface area contributed by atoms with Crippen LogP contribution in [0.2, 0.25) is 5.02 Å². The maximum absolute atomic E-state index is 13.6. The summed E-state index contributed by atoms with van der Waals surface area (Å²) in [4.78, 5) is 12.9. The van der Waals surface area contributed by atoms with E-state index in [9.17, 15) is 13.2 Å². The first-order valence-corrected chi connectivity index (χ1v) is 12.1. The molecule has 1 fully saturated rings. The number of aryl methyl sites for hydroxylation is 1. The van der Waals surface area contributed by atoms with Crippen LogP contribution in [0.25, 0.3) is 0 Å². The number of para-hydroxylation sites is 1. The smallest absolute Gasteiger partial charge is 0.243 e. The fourth-order valence-corrected chi connectivity index (χ4v) is 5.82. The largest absolute Gasteiger partial charge is 0.489 e. The first-order chi connectivity index (χ1) is 14.4. The van der Waals surface area contributed by atoms with Crippen LogP contribution in [-0.4, -0.2) is 43.9 Å². The zero-order valence-electron chi connectivity index (χ0n) is 16.6. The Morgan fingerprint density at radius 1 is 1.07 bits per heavy atom. The van der Waals surface area contributed by atoms with Crippen LogP contribution in [0.5, 0.6) is 5.75 Å². The number of nitrogens with one attached hydrogen (secondary N) is 1. The molecule has 0 bridgehead atoms. The number of rotatable bonds is 5. The van der Waals surface area contributed by atoms with Crippen molar-refractivity contribution in [2.75, 3.05) is 13.1 Å². The van der Waals surface area contributed by atoms with Crippen molar-refractivity contribution in [3.63, 3.8) is 0 Å². The van der Waals surface area contributed by atoms with Gasteiger partial charge in [0, 0.05) is 11.6 Å². The molecule has 2 aromatic rings. The second-order valence-corrected chi connectivity index (χ2v) is 10.0. The van der Waals surface area contributed by atoms with E-state index in [1.54, 1.807) is 12.1 Å². The third kappa shape index (κ3) is 4.48. The van der Waals surface area contributed by atoms with Crippen molar-refractivity contribution in [1.82, 2.24) is 9.62 Å². The third-order valence-electron chi connectivity index (χ3n) is 5.66. The summed E-state index contributed by atoms with van der Waals surface area (Å²) in [5, 5.41) is 3.31. The summed E-state index contributed by atoms with van der Waals surface area (Å²) in [6.07, 6.45) is 3.29. The Bertz CT molecular complexity index is 1010. The Morgan fingerprint density at radius 2 is 1.83 bits per heavy atom. The van der Waals surface area contributed by atoms with E-state index in [1.165, 1.54) is 16.4 Å². The van der Waals surface area contributed by atoms with E-state index in [1.807, 2.05) is 24.3 Å². The van der Waals surface area contributed by atoms with Gasteiger partial charge in [0.25, 0.3) is 0 Å². The second kappa shape index (κ2) is 8.96. The molecule has 160 valence electrons. The number of hydrogen-bond acceptors (Lipinski definition) is 4. The van der Waals surface area contributed by atoms with E-state index in [4.69, 9.17) is 16.3 Å². The van der Waals surface area contributed by atoms with Crippen LogP contribution < -0.4 is 10.1 Å². The number of carbonyl (C=O) groups is 1. The van der Waals surface area contributed by atoms with E-state index >= 15 is 0 Å². The van der Waals surface area contributed by atoms with Crippen LogP contribution in [0.4, 0.5) is 0 Å². The van der Waals surface area contributed by atoms with E-state index in [0.29, 0.717) is 24.4 Å². The highest BCUT2D eigenvalue weighted by Gasteiger charge is 2.38. The number of carbonyl (C=O) groups excluding carboxylic acids is 1. The van der Waals surface area contributed by atoms with Gasteiger partial charge >= 0.3 is 0 Å². The molecule has 1 amide bonds. The zero-order chi connectivity index (χ0) is 21.1. The lowest BCUT2D eigenvalue weighted by atomic mass is 10.0. The van der Waals surface area contributed by atoms with E-state index in [2.05, 4.69) is 5.32 Å². The predicted octanol–water partition coefficient (Wildman–Crippen LogP) is 3.39. The Hall–Kier alpha value is -2.09. The SMILES string of the molecule is O=C1NCCCC[C@H]1N(CC1CCc2ccccc2O1)S(=O)(=O)c1ccc(Cl)cc1. The third-order valence-corrected chi connectivity index (χ3v) is 7.80. The van der Waals surface area contributed by atoms with Crippen LogP contribution in [0, 0.1) is 0 Å². The van der Waals surface area contributed by atoms with Gasteiger partial charge in [-0.2, -0.15) is 4.31 Å². The Kier molecular flexibility index (Phi) is 6.32. The summed E-state index contributed by atoms with van der Waals surface area (Å²) in [5.41, 5.74) is 1.12. The second-order valence-electron chi connectivity index (χ2n) is 7.72. The van der Waals surface area contributed by atoms with Crippen molar-refractivity contribution >= 4 is 27.5 Å². The normalized spacial score (nSPS) is 22.0. The maximum atomic E-state index is 13.6. The number of amides is 1. The van der Waals surface area contributed by atoms with E-state index in [0.717, 1.165) is 30.6 Å². The van der Waals surface area contributed by atoms with Gasteiger partial charge in [0.2, 0.25) is 15.9 Å². The summed E-state index contributed by atoms with van der Waals surface area (Å²) < 4.78 is 34.6. The summed E-state index contributed by atoms with van der Waals surface area (Å²) in [5.74, 6) is 0.532. The summed E-state index contributed by atoms with van der Waals surface area (Å²) in [6, 6.07) is 13.1. The average molecular weight is 449 g/mol. The first kappa shape index (κ1) is 21.2. The highest BCUT2D eigenvalue weighted by Crippen LogP contribution is 2.30. The molecule has 0 saturated carbocycles. The van der Waals surface area contributed by atoms with Crippen molar-refractivity contribution in [3.05, 3.63) is 59.1 Å². The summed E-state index contributed by atoms with van der Waals surface area (Å²) in [7, 11) is -3.91. The number of halogens is 1. The number of sulfonamides is 1.